The summed E-state index contributed by atoms with van der Waals surface area (Å²) in [4.78, 5) is 25.5. The van der Waals surface area contributed by atoms with Crippen molar-refractivity contribution in [2.75, 3.05) is 19.0 Å². The summed E-state index contributed by atoms with van der Waals surface area (Å²) in [6.07, 6.45) is 33.9. The average molecular weight is 905 g/mol. The lowest BCUT2D eigenvalue weighted by Gasteiger charge is -2.40. The molecule has 62 heavy (non-hydrogen) atoms. The van der Waals surface area contributed by atoms with Gasteiger partial charge in [-0.25, -0.2) is 0 Å². The molecule has 1 aliphatic heterocycles. The first kappa shape index (κ1) is 58.4. The van der Waals surface area contributed by atoms with Gasteiger partial charge in [0, 0.05) is 12.8 Å². The molecule has 0 radical (unpaired) electrons. The first-order chi connectivity index (χ1) is 30.0. The number of allylic oxidation sites excluding steroid dienone is 2. The molecular formula is C49H92O12S. The van der Waals surface area contributed by atoms with E-state index in [0.29, 0.717) is 12.8 Å². The number of hydrogen-bond donors (Lipinski definition) is 4. The lowest BCUT2D eigenvalue weighted by Crippen LogP contribution is -2.60. The van der Waals surface area contributed by atoms with Gasteiger partial charge in [-0.15, -0.1) is 0 Å². The molecule has 4 N–H and O–H groups in total. The summed E-state index contributed by atoms with van der Waals surface area (Å²) in [5.74, 6) is -1.97. The molecule has 0 aliphatic carbocycles. The van der Waals surface area contributed by atoms with E-state index in [1.165, 1.54) is 148 Å². The third-order valence-electron chi connectivity index (χ3n) is 11.8. The molecule has 13 heteroatoms. The maximum atomic E-state index is 12.9. The molecule has 1 aliphatic rings. The summed E-state index contributed by atoms with van der Waals surface area (Å²) in [5.41, 5.74) is 0. The normalized spacial score (nSPS) is 19.9. The van der Waals surface area contributed by atoms with Crippen LogP contribution in [-0.2, 0) is 38.7 Å². The van der Waals surface area contributed by atoms with Crippen LogP contribution in [0.3, 0.4) is 0 Å². The summed E-state index contributed by atoms with van der Waals surface area (Å²) >= 11 is 0. The van der Waals surface area contributed by atoms with E-state index in [2.05, 4.69) is 26.0 Å². The molecule has 0 spiro atoms. The predicted octanol–water partition coefficient (Wildman–Crippen LogP) is 11.0. The average Bonchev–Trinajstić information content (AvgIpc) is 3.24. The van der Waals surface area contributed by atoms with Gasteiger partial charge in [0.2, 0.25) is 0 Å². The minimum atomic E-state index is -4.60. The number of aliphatic hydroxyl groups excluding tert-OH is 3. The molecule has 6 atom stereocenters. The Labute approximate surface area is 377 Å². The Hall–Kier alpha value is -1.61. The highest BCUT2D eigenvalue weighted by molar-refractivity contribution is 7.85. The predicted molar refractivity (Wildman–Crippen MR) is 247 cm³/mol. The van der Waals surface area contributed by atoms with Gasteiger partial charge in [-0.05, 0) is 38.5 Å². The molecule has 0 bridgehead atoms. The van der Waals surface area contributed by atoms with Gasteiger partial charge < -0.3 is 34.3 Å². The van der Waals surface area contributed by atoms with Gasteiger partial charge in [-0.2, -0.15) is 8.42 Å². The molecular weight excluding hydrogens is 813 g/mol. The van der Waals surface area contributed by atoms with Gasteiger partial charge in [0.15, 0.2) is 12.4 Å². The zero-order valence-corrected chi connectivity index (χ0v) is 40.1. The smallest absolute Gasteiger partial charge is 0.306 e. The Morgan fingerprint density at radius 3 is 1.34 bits per heavy atom. The van der Waals surface area contributed by atoms with Crippen molar-refractivity contribution in [3.8, 4) is 0 Å². The highest BCUT2D eigenvalue weighted by Crippen LogP contribution is 2.24. The molecule has 1 fully saturated rings. The molecule has 1 saturated heterocycles. The third-order valence-corrected chi connectivity index (χ3v) is 12.6. The SMILES string of the molecule is CCCCCCCC/C=C/CCCCCCCCCC(=O)OC[C@H](CO[C@H]1O[C@H](CS(=O)(=O)O)[C@@H](O)C(O)C1O)OC(=O)CCCCCCCCCCCCCCCCCCC. The Morgan fingerprint density at radius 1 is 0.532 bits per heavy atom. The molecule has 12 nitrogen and oxygen atoms in total. The fourth-order valence-electron chi connectivity index (χ4n) is 7.91. The minimum absolute atomic E-state index is 0.170. The highest BCUT2D eigenvalue weighted by atomic mass is 32.2. The van der Waals surface area contributed by atoms with Crippen LogP contribution < -0.4 is 0 Å². The fraction of sp³-hybridized carbons (Fsp3) is 0.918. The third kappa shape index (κ3) is 33.8. The van der Waals surface area contributed by atoms with E-state index >= 15 is 0 Å². The Balaban J connectivity index is 2.38. The summed E-state index contributed by atoms with van der Waals surface area (Å²) < 4.78 is 54.2. The molecule has 1 heterocycles. The number of carbonyl (C=O) groups is 2. The Morgan fingerprint density at radius 2 is 0.919 bits per heavy atom. The van der Waals surface area contributed by atoms with Gasteiger partial charge >= 0.3 is 11.9 Å². The van der Waals surface area contributed by atoms with Gasteiger partial charge in [0.25, 0.3) is 10.1 Å². The van der Waals surface area contributed by atoms with E-state index in [1.807, 2.05) is 0 Å². The van der Waals surface area contributed by atoms with Crippen molar-refractivity contribution in [2.24, 2.45) is 0 Å². The van der Waals surface area contributed by atoms with Crippen LogP contribution in [0.25, 0.3) is 0 Å². The quantitative estimate of drug-likeness (QED) is 0.0197. The number of aliphatic hydroxyl groups is 3. The lowest BCUT2D eigenvalue weighted by molar-refractivity contribution is -0.297. The number of esters is 2. The zero-order chi connectivity index (χ0) is 45.5. The second-order valence-electron chi connectivity index (χ2n) is 17.8. The molecule has 2 unspecified atom stereocenters. The summed E-state index contributed by atoms with van der Waals surface area (Å²) in [6, 6.07) is 0. The van der Waals surface area contributed by atoms with Gasteiger partial charge in [-0.1, -0.05) is 193 Å². The van der Waals surface area contributed by atoms with Crippen molar-refractivity contribution < 1.29 is 56.8 Å². The standard InChI is InChI=1S/C49H92O12S/c1-3-5-7-9-11-13-15-17-19-21-23-25-27-29-31-33-35-37-44(50)58-39-42(40-59-49-48(54)47(53)46(52)43(61-49)41-62(55,56)57)60-45(51)38-36-34-32-30-28-26-24-22-20-18-16-14-12-10-8-6-4-2/h17,19,42-43,46-49,52-54H,3-16,18,20-41H2,1-2H3,(H,55,56,57)/b19-17+/t42-,43-,46-,47?,48?,49+/m1/s1. The first-order valence-corrected chi connectivity index (χ1v) is 26.9. The molecule has 1 rings (SSSR count). The van der Waals surface area contributed by atoms with Crippen molar-refractivity contribution in [3.63, 3.8) is 0 Å². The van der Waals surface area contributed by atoms with Gasteiger partial charge in [0.1, 0.15) is 36.8 Å². The monoisotopic (exact) mass is 905 g/mol. The molecule has 0 aromatic carbocycles. The number of ether oxygens (including phenoxy) is 4. The van der Waals surface area contributed by atoms with Crippen LogP contribution in [0.1, 0.15) is 232 Å². The van der Waals surface area contributed by atoms with Crippen molar-refractivity contribution in [3.05, 3.63) is 12.2 Å². The van der Waals surface area contributed by atoms with Crippen LogP contribution in [0.4, 0.5) is 0 Å². The first-order valence-electron chi connectivity index (χ1n) is 25.2. The maximum absolute atomic E-state index is 12.9. The van der Waals surface area contributed by atoms with Crippen molar-refractivity contribution in [1.82, 2.24) is 0 Å². The van der Waals surface area contributed by atoms with E-state index in [9.17, 15) is 37.9 Å². The topological polar surface area (TPSA) is 186 Å². The maximum Gasteiger partial charge on any atom is 0.306 e. The van der Waals surface area contributed by atoms with Crippen LogP contribution in [0.15, 0.2) is 12.2 Å². The van der Waals surface area contributed by atoms with Crippen LogP contribution in [-0.4, -0.2) is 96.0 Å². The number of unbranched alkanes of at least 4 members (excludes halogenated alkanes) is 29. The Bertz CT molecular complexity index is 1200. The molecule has 0 saturated carbocycles. The molecule has 0 amide bonds. The van der Waals surface area contributed by atoms with Crippen molar-refractivity contribution in [1.29, 1.82) is 0 Å². The second kappa shape index (κ2) is 39.7. The van der Waals surface area contributed by atoms with Crippen molar-refractivity contribution >= 4 is 22.1 Å². The lowest BCUT2D eigenvalue weighted by atomic mass is 10.00. The van der Waals surface area contributed by atoms with E-state index in [0.717, 1.165) is 44.9 Å². The van der Waals surface area contributed by atoms with Crippen LogP contribution in [0.2, 0.25) is 0 Å². The van der Waals surface area contributed by atoms with Gasteiger partial charge in [0.05, 0.1) is 6.61 Å². The second-order valence-corrected chi connectivity index (χ2v) is 19.3. The summed E-state index contributed by atoms with van der Waals surface area (Å²) in [5, 5.41) is 30.9. The molecule has 0 aromatic heterocycles. The van der Waals surface area contributed by atoms with E-state index in [1.54, 1.807) is 0 Å². The Kier molecular flexibility index (Phi) is 37.4. The summed E-state index contributed by atoms with van der Waals surface area (Å²) in [7, 11) is -4.60. The van der Waals surface area contributed by atoms with E-state index < -0.39 is 71.2 Å². The van der Waals surface area contributed by atoms with Crippen molar-refractivity contribution in [2.45, 2.75) is 269 Å². The minimum Gasteiger partial charge on any atom is -0.462 e. The number of rotatable bonds is 43. The fourth-order valence-corrected chi connectivity index (χ4v) is 8.60. The van der Waals surface area contributed by atoms with Gasteiger partial charge in [-0.3, -0.25) is 14.1 Å². The summed E-state index contributed by atoms with van der Waals surface area (Å²) in [6.45, 7) is 3.79. The molecule has 366 valence electrons. The van der Waals surface area contributed by atoms with Crippen LogP contribution >= 0.6 is 0 Å². The van der Waals surface area contributed by atoms with Crippen LogP contribution in [0.5, 0.6) is 0 Å². The van der Waals surface area contributed by atoms with E-state index in [4.69, 9.17) is 18.9 Å². The number of carbonyl (C=O) groups excluding carboxylic acids is 2. The largest absolute Gasteiger partial charge is 0.462 e. The molecule has 0 aromatic rings. The zero-order valence-electron chi connectivity index (χ0n) is 39.2. The van der Waals surface area contributed by atoms with Crippen LogP contribution in [0, 0.1) is 0 Å². The highest BCUT2D eigenvalue weighted by Gasteiger charge is 2.46. The number of hydrogen-bond acceptors (Lipinski definition) is 11. The van der Waals surface area contributed by atoms with E-state index in [-0.39, 0.29) is 19.4 Å².